The molecule has 1 rings (SSSR count). The quantitative estimate of drug-likeness (QED) is 0.569. The van der Waals surface area contributed by atoms with Crippen LogP contribution in [0.2, 0.25) is 0 Å². The minimum Gasteiger partial charge on any atom is -0.361 e. The normalized spacial score (nSPS) is 28.5. The number of carbonyl (C=O) groups is 1. The van der Waals surface area contributed by atoms with Crippen LogP contribution in [0, 0.1) is 0 Å². The van der Waals surface area contributed by atoms with Crippen LogP contribution in [0.15, 0.2) is 0 Å². The third kappa shape index (κ3) is 2.29. The van der Waals surface area contributed by atoms with Crippen molar-refractivity contribution in [1.82, 2.24) is 0 Å². The van der Waals surface area contributed by atoms with Crippen LogP contribution in [0.5, 0.6) is 0 Å². The molecule has 1 heterocycles. The van der Waals surface area contributed by atoms with Crippen molar-refractivity contribution in [3.05, 3.63) is 0 Å². The van der Waals surface area contributed by atoms with Crippen LogP contribution in [-0.2, 0) is 9.53 Å². The molecular formula is C9H16O2. The Kier molecular flexibility index (Phi) is 3.06. The highest BCUT2D eigenvalue weighted by atomic mass is 16.6. The summed E-state index contributed by atoms with van der Waals surface area (Å²) in [4.78, 5) is 11.2. The summed E-state index contributed by atoms with van der Waals surface area (Å²) in [5, 5.41) is 0. The average Bonchev–Trinajstić information content (AvgIpc) is 2.69. The smallest absolute Gasteiger partial charge is 0.164 e. The maximum Gasteiger partial charge on any atom is 0.164 e. The second-order valence-corrected chi connectivity index (χ2v) is 3.10. The van der Waals surface area contributed by atoms with Crippen molar-refractivity contribution in [2.75, 3.05) is 0 Å². The van der Waals surface area contributed by atoms with E-state index in [9.17, 15) is 4.79 Å². The Morgan fingerprint density at radius 2 is 2.09 bits per heavy atom. The lowest BCUT2D eigenvalue weighted by molar-refractivity contribution is -0.120. The van der Waals surface area contributed by atoms with E-state index in [1.54, 1.807) is 0 Å². The first kappa shape index (κ1) is 8.72. The second-order valence-electron chi connectivity index (χ2n) is 3.10. The predicted octanol–water partition coefficient (Wildman–Crippen LogP) is 1.92. The van der Waals surface area contributed by atoms with E-state index >= 15 is 0 Å². The predicted molar refractivity (Wildman–Crippen MR) is 43.5 cm³/mol. The Morgan fingerprint density at radius 3 is 2.64 bits per heavy atom. The molecule has 0 saturated carbocycles. The van der Waals surface area contributed by atoms with E-state index in [0.717, 1.165) is 19.3 Å². The molecule has 0 bridgehead atoms. The zero-order valence-corrected chi connectivity index (χ0v) is 7.30. The number of Topliss-reactive ketones (excluding diaryl/α,β-unsaturated/α-hetero) is 1. The van der Waals surface area contributed by atoms with E-state index in [0.29, 0.717) is 12.2 Å². The third-order valence-corrected chi connectivity index (χ3v) is 1.97. The summed E-state index contributed by atoms with van der Waals surface area (Å²) in [5.41, 5.74) is 0. The van der Waals surface area contributed by atoms with E-state index in [4.69, 9.17) is 4.74 Å². The molecule has 2 nitrogen and oxygen atoms in total. The van der Waals surface area contributed by atoms with Crippen LogP contribution in [0.4, 0.5) is 0 Å². The number of hydrogen-bond donors (Lipinski definition) is 0. The molecule has 0 aromatic heterocycles. The first-order chi connectivity index (χ1) is 5.29. The summed E-state index contributed by atoms with van der Waals surface area (Å²) in [6.45, 7) is 4.14. The molecule has 0 amide bonds. The van der Waals surface area contributed by atoms with Crippen LogP contribution in [0.3, 0.4) is 0 Å². The summed E-state index contributed by atoms with van der Waals surface area (Å²) >= 11 is 0. The van der Waals surface area contributed by atoms with Crippen LogP contribution < -0.4 is 0 Å². The first-order valence-corrected chi connectivity index (χ1v) is 4.47. The number of carbonyl (C=O) groups excluding carboxylic acids is 1. The van der Waals surface area contributed by atoms with Gasteiger partial charge < -0.3 is 4.74 Å². The maximum atomic E-state index is 11.2. The van der Waals surface area contributed by atoms with Gasteiger partial charge in [-0.1, -0.05) is 20.3 Å². The van der Waals surface area contributed by atoms with Gasteiger partial charge in [0.15, 0.2) is 5.78 Å². The maximum absolute atomic E-state index is 11.2. The Morgan fingerprint density at radius 1 is 1.36 bits per heavy atom. The van der Waals surface area contributed by atoms with E-state index in [2.05, 4.69) is 6.92 Å². The molecule has 0 spiro atoms. The van der Waals surface area contributed by atoms with Crippen molar-refractivity contribution in [2.24, 2.45) is 0 Å². The lowest BCUT2D eigenvalue weighted by Gasteiger charge is -1.90. The number of rotatable bonds is 5. The molecule has 0 N–H and O–H groups in total. The molecule has 0 aliphatic carbocycles. The Bertz CT molecular complexity index is 142. The topological polar surface area (TPSA) is 29.6 Å². The van der Waals surface area contributed by atoms with Crippen molar-refractivity contribution in [3.8, 4) is 0 Å². The van der Waals surface area contributed by atoms with Crippen molar-refractivity contribution in [1.29, 1.82) is 0 Å². The lowest BCUT2D eigenvalue weighted by Crippen LogP contribution is -2.08. The van der Waals surface area contributed by atoms with Gasteiger partial charge in [0.05, 0.1) is 6.10 Å². The van der Waals surface area contributed by atoms with Gasteiger partial charge in [-0.25, -0.2) is 0 Å². The summed E-state index contributed by atoms with van der Waals surface area (Å²) in [6, 6.07) is 0. The fourth-order valence-corrected chi connectivity index (χ4v) is 1.32. The molecule has 1 fully saturated rings. The zero-order valence-electron chi connectivity index (χ0n) is 7.30. The summed E-state index contributed by atoms with van der Waals surface area (Å²) < 4.78 is 5.22. The van der Waals surface area contributed by atoms with Gasteiger partial charge in [-0.3, -0.25) is 4.79 Å². The van der Waals surface area contributed by atoms with E-state index < -0.39 is 0 Å². The molecule has 11 heavy (non-hydrogen) atoms. The van der Waals surface area contributed by atoms with Gasteiger partial charge in [-0.15, -0.1) is 0 Å². The molecule has 64 valence electrons. The van der Waals surface area contributed by atoms with Crippen molar-refractivity contribution < 1.29 is 9.53 Å². The van der Waals surface area contributed by atoms with Crippen molar-refractivity contribution in [2.45, 2.75) is 51.7 Å². The molecule has 0 unspecified atom stereocenters. The largest absolute Gasteiger partial charge is 0.361 e. The lowest BCUT2D eigenvalue weighted by atomic mass is 10.1. The zero-order chi connectivity index (χ0) is 8.27. The Balaban J connectivity index is 2.15. The molecule has 0 radical (unpaired) electrons. The summed E-state index contributed by atoms with van der Waals surface area (Å²) in [6.07, 6.45) is 4.01. The Labute approximate surface area is 67.9 Å². The molecule has 1 saturated heterocycles. The number of hydrogen-bond acceptors (Lipinski definition) is 2. The van der Waals surface area contributed by atoms with Crippen LogP contribution in [0.1, 0.15) is 39.5 Å². The molecule has 0 aromatic carbocycles. The minimum absolute atomic E-state index is 0.0325. The highest BCUT2D eigenvalue weighted by Gasteiger charge is 2.42. The van der Waals surface area contributed by atoms with E-state index in [1.807, 2.05) is 6.92 Å². The number of ether oxygens (including phenoxy) is 1. The van der Waals surface area contributed by atoms with Gasteiger partial charge in [-0.05, 0) is 12.8 Å². The molecule has 1 aliphatic heterocycles. The van der Waals surface area contributed by atoms with E-state index in [-0.39, 0.29) is 12.2 Å². The van der Waals surface area contributed by atoms with Crippen LogP contribution in [-0.4, -0.2) is 18.0 Å². The minimum atomic E-state index is -0.0325. The molecule has 2 atom stereocenters. The second kappa shape index (κ2) is 3.86. The van der Waals surface area contributed by atoms with Gasteiger partial charge in [0.1, 0.15) is 6.10 Å². The highest BCUT2D eigenvalue weighted by Crippen LogP contribution is 2.28. The van der Waals surface area contributed by atoms with Crippen LogP contribution in [0.25, 0.3) is 0 Å². The van der Waals surface area contributed by atoms with Crippen molar-refractivity contribution in [3.63, 3.8) is 0 Å². The van der Waals surface area contributed by atoms with Gasteiger partial charge in [-0.2, -0.15) is 0 Å². The summed E-state index contributed by atoms with van der Waals surface area (Å²) in [5.74, 6) is 0.297. The van der Waals surface area contributed by atoms with E-state index in [1.165, 1.54) is 0 Å². The fourth-order valence-electron chi connectivity index (χ4n) is 1.32. The number of epoxide rings is 1. The standard InChI is InChI=1S/C9H16O2/c1-3-5-7(10)9-8(11-9)6-4-2/h8-9H,3-6H2,1-2H3/t8-,9-/m1/s1. The highest BCUT2D eigenvalue weighted by molar-refractivity contribution is 5.85. The van der Waals surface area contributed by atoms with Crippen LogP contribution >= 0.6 is 0 Å². The van der Waals surface area contributed by atoms with Crippen molar-refractivity contribution >= 4 is 5.78 Å². The fraction of sp³-hybridized carbons (Fsp3) is 0.889. The van der Waals surface area contributed by atoms with Gasteiger partial charge in [0.25, 0.3) is 0 Å². The van der Waals surface area contributed by atoms with Gasteiger partial charge >= 0.3 is 0 Å². The molecule has 0 aromatic rings. The number of ketones is 1. The monoisotopic (exact) mass is 156 g/mol. The summed E-state index contributed by atoms with van der Waals surface area (Å²) in [7, 11) is 0. The van der Waals surface area contributed by atoms with Gasteiger partial charge in [0, 0.05) is 6.42 Å². The van der Waals surface area contributed by atoms with Gasteiger partial charge in [0.2, 0.25) is 0 Å². The SMILES string of the molecule is CCCC(=O)[C@H]1O[C@@H]1CCC. The average molecular weight is 156 g/mol. The molecule has 2 heteroatoms. The molecular weight excluding hydrogens is 140 g/mol. The molecule has 1 aliphatic rings. The Hall–Kier alpha value is -0.370. The third-order valence-electron chi connectivity index (χ3n) is 1.97. The first-order valence-electron chi connectivity index (χ1n) is 4.47.